The summed E-state index contributed by atoms with van der Waals surface area (Å²) in [6.45, 7) is 0. The predicted octanol–water partition coefficient (Wildman–Crippen LogP) is 5.56. The van der Waals surface area contributed by atoms with Gasteiger partial charge in [0.1, 0.15) is 11.5 Å². The molecule has 162 valence electrons. The van der Waals surface area contributed by atoms with Crippen molar-refractivity contribution in [2.45, 2.75) is 0 Å². The molecule has 0 radical (unpaired) electrons. The molecular weight excluding hydrogens is 505 g/mol. The Morgan fingerprint density at radius 1 is 1.06 bits per heavy atom. The number of para-hydroxylation sites is 1. The van der Waals surface area contributed by atoms with Crippen LogP contribution in [0.5, 0.6) is 0 Å². The minimum absolute atomic E-state index is 0.0494. The van der Waals surface area contributed by atoms with Crippen LogP contribution in [0.15, 0.2) is 76.9 Å². The van der Waals surface area contributed by atoms with Gasteiger partial charge in [0.2, 0.25) is 0 Å². The smallest absolute Gasteiger partial charge is 0.272 e. The first-order valence-electron chi connectivity index (χ1n) is 9.03. The number of nitrogens with zero attached hydrogens (tertiary/aromatic N) is 1. The van der Waals surface area contributed by atoms with E-state index < -0.39 is 22.6 Å². The predicted molar refractivity (Wildman–Crippen MR) is 123 cm³/mol. The van der Waals surface area contributed by atoms with Gasteiger partial charge in [-0.05, 0) is 57.9 Å². The van der Waals surface area contributed by atoms with E-state index in [4.69, 9.17) is 11.6 Å². The van der Waals surface area contributed by atoms with E-state index in [0.29, 0.717) is 15.7 Å². The fourth-order valence-corrected chi connectivity index (χ4v) is 3.31. The van der Waals surface area contributed by atoms with Crippen molar-refractivity contribution in [1.29, 1.82) is 0 Å². The molecule has 0 aliphatic rings. The normalized spacial score (nSPS) is 11.0. The van der Waals surface area contributed by atoms with E-state index in [1.165, 1.54) is 36.4 Å². The number of benzene rings is 3. The summed E-state index contributed by atoms with van der Waals surface area (Å²) >= 11 is 9.27. The van der Waals surface area contributed by atoms with E-state index in [1.54, 1.807) is 24.3 Å². The van der Waals surface area contributed by atoms with Crippen LogP contribution in [0, 0.1) is 15.9 Å². The van der Waals surface area contributed by atoms with E-state index >= 15 is 0 Å². The Labute approximate surface area is 195 Å². The highest BCUT2D eigenvalue weighted by Crippen LogP contribution is 2.23. The first-order valence-corrected chi connectivity index (χ1v) is 10.2. The average molecular weight is 519 g/mol. The molecule has 0 saturated heterocycles. The largest absolute Gasteiger partial charge is 0.320 e. The second-order valence-corrected chi connectivity index (χ2v) is 7.68. The summed E-state index contributed by atoms with van der Waals surface area (Å²) in [5.74, 6) is -2.06. The minimum atomic E-state index is -0.756. The zero-order valence-corrected chi connectivity index (χ0v) is 18.5. The molecule has 0 heterocycles. The van der Waals surface area contributed by atoms with Crippen LogP contribution in [0.2, 0.25) is 5.02 Å². The Morgan fingerprint density at radius 2 is 1.81 bits per heavy atom. The van der Waals surface area contributed by atoms with Gasteiger partial charge in [-0.15, -0.1) is 0 Å². The number of nitro benzene ring substituents is 1. The number of carbonyl (C=O) groups excluding carboxylic acids is 2. The summed E-state index contributed by atoms with van der Waals surface area (Å²) in [5.41, 5.74) is 0.314. The summed E-state index contributed by atoms with van der Waals surface area (Å²) in [4.78, 5) is 36.2. The van der Waals surface area contributed by atoms with Gasteiger partial charge >= 0.3 is 0 Å². The lowest BCUT2D eigenvalue weighted by Crippen LogP contribution is -2.31. The lowest BCUT2D eigenvalue weighted by atomic mass is 10.1. The number of carbonyl (C=O) groups is 2. The van der Waals surface area contributed by atoms with Gasteiger partial charge in [-0.1, -0.05) is 35.9 Å². The van der Waals surface area contributed by atoms with E-state index in [9.17, 15) is 24.1 Å². The fraction of sp³-hybridized carbons (Fsp3) is 0. The van der Waals surface area contributed by atoms with Crippen molar-refractivity contribution >= 4 is 56.8 Å². The Balaban J connectivity index is 1.97. The van der Waals surface area contributed by atoms with E-state index in [-0.39, 0.29) is 22.0 Å². The van der Waals surface area contributed by atoms with Crippen LogP contribution in [0.25, 0.3) is 6.08 Å². The van der Waals surface area contributed by atoms with Crippen LogP contribution in [0.1, 0.15) is 15.9 Å². The van der Waals surface area contributed by atoms with Gasteiger partial charge in [0.15, 0.2) is 0 Å². The molecule has 2 N–H and O–H groups in total. The highest BCUT2D eigenvalue weighted by molar-refractivity contribution is 9.10. The number of amides is 2. The molecule has 32 heavy (non-hydrogen) atoms. The van der Waals surface area contributed by atoms with E-state index in [2.05, 4.69) is 26.6 Å². The molecule has 0 bridgehead atoms. The number of non-ortho nitro benzene ring substituents is 1. The SMILES string of the molecule is O=C(Nc1ccccc1Br)/C(=C/c1cccc([N+](=O)[O-])c1)NC(=O)c1ccc(F)cc1Cl. The quantitative estimate of drug-likeness (QED) is 0.253. The summed E-state index contributed by atoms with van der Waals surface area (Å²) in [7, 11) is 0. The van der Waals surface area contributed by atoms with Crippen molar-refractivity contribution < 1.29 is 18.9 Å². The minimum Gasteiger partial charge on any atom is -0.320 e. The van der Waals surface area contributed by atoms with Crippen LogP contribution >= 0.6 is 27.5 Å². The Bertz CT molecular complexity index is 1250. The number of hydrogen-bond acceptors (Lipinski definition) is 4. The maximum Gasteiger partial charge on any atom is 0.272 e. The van der Waals surface area contributed by atoms with Crippen molar-refractivity contribution in [3.63, 3.8) is 0 Å². The molecule has 0 fully saturated rings. The van der Waals surface area contributed by atoms with Crippen molar-refractivity contribution in [3.05, 3.63) is 109 Å². The number of nitro groups is 1. The maximum atomic E-state index is 13.3. The second kappa shape index (κ2) is 10.2. The first-order chi connectivity index (χ1) is 15.2. The third-order valence-corrected chi connectivity index (χ3v) is 5.19. The Hall–Kier alpha value is -3.56. The van der Waals surface area contributed by atoms with Gasteiger partial charge in [-0.25, -0.2) is 4.39 Å². The van der Waals surface area contributed by atoms with Crippen molar-refractivity contribution in [2.24, 2.45) is 0 Å². The third kappa shape index (κ3) is 5.77. The molecule has 0 aliphatic carbocycles. The summed E-state index contributed by atoms with van der Waals surface area (Å²) < 4.78 is 13.9. The molecule has 0 atom stereocenters. The molecule has 0 aliphatic heterocycles. The van der Waals surface area contributed by atoms with Crippen LogP contribution in [0.3, 0.4) is 0 Å². The number of rotatable bonds is 6. The molecule has 0 unspecified atom stereocenters. The first kappa shape index (κ1) is 23.1. The Kier molecular flexibility index (Phi) is 7.34. The number of hydrogen-bond donors (Lipinski definition) is 2. The standard InChI is InChI=1S/C22H14BrClFN3O4/c23-17-6-1-2-7-19(17)26-22(30)20(11-13-4-3-5-15(10-13)28(31)32)27-21(29)16-9-8-14(25)12-18(16)24/h1-12H,(H,26,30)(H,27,29)/b20-11-. The third-order valence-electron chi connectivity index (χ3n) is 4.18. The summed E-state index contributed by atoms with van der Waals surface area (Å²) in [6.07, 6.45) is 1.29. The molecule has 3 rings (SSSR count). The molecule has 10 heteroatoms. The van der Waals surface area contributed by atoms with E-state index in [0.717, 1.165) is 12.1 Å². The maximum absolute atomic E-state index is 13.3. The van der Waals surface area contributed by atoms with Gasteiger partial charge in [0, 0.05) is 16.6 Å². The van der Waals surface area contributed by atoms with Crippen molar-refractivity contribution in [3.8, 4) is 0 Å². The topological polar surface area (TPSA) is 101 Å². The lowest BCUT2D eigenvalue weighted by molar-refractivity contribution is -0.384. The molecular formula is C22H14BrClFN3O4. The van der Waals surface area contributed by atoms with Crippen molar-refractivity contribution in [1.82, 2.24) is 5.32 Å². The van der Waals surface area contributed by atoms with Crippen LogP contribution < -0.4 is 10.6 Å². The lowest BCUT2D eigenvalue weighted by Gasteiger charge is -2.13. The number of anilines is 1. The number of nitrogens with one attached hydrogen (secondary N) is 2. The van der Waals surface area contributed by atoms with E-state index in [1.807, 2.05) is 0 Å². The van der Waals surface area contributed by atoms with Gasteiger partial charge < -0.3 is 10.6 Å². The highest BCUT2D eigenvalue weighted by atomic mass is 79.9. The van der Waals surface area contributed by atoms with Gasteiger partial charge in [0.25, 0.3) is 17.5 Å². The monoisotopic (exact) mass is 517 g/mol. The van der Waals surface area contributed by atoms with Gasteiger partial charge in [-0.3, -0.25) is 19.7 Å². The zero-order valence-electron chi connectivity index (χ0n) is 16.1. The molecule has 0 spiro atoms. The second-order valence-electron chi connectivity index (χ2n) is 6.42. The molecule has 2 amide bonds. The summed E-state index contributed by atoms with van der Waals surface area (Å²) in [6, 6.07) is 15.6. The zero-order chi connectivity index (χ0) is 23.3. The summed E-state index contributed by atoms with van der Waals surface area (Å²) in [5, 5.41) is 16.0. The van der Waals surface area contributed by atoms with Gasteiger partial charge in [0.05, 0.1) is 21.2 Å². The molecule has 3 aromatic carbocycles. The highest BCUT2D eigenvalue weighted by Gasteiger charge is 2.18. The molecule has 7 nitrogen and oxygen atoms in total. The number of halogens is 3. The average Bonchev–Trinajstić information content (AvgIpc) is 2.75. The van der Waals surface area contributed by atoms with Crippen LogP contribution in [-0.2, 0) is 4.79 Å². The van der Waals surface area contributed by atoms with Crippen LogP contribution in [-0.4, -0.2) is 16.7 Å². The fourth-order valence-electron chi connectivity index (χ4n) is 2.67. The Morgan fingerprint density at radius 3 is 2.50 bits per heavy atom. The molecule has 0 aromatic heterocycles. The van der Waals surface area contributed by atoms with Crippen LogP contribution in [0.4, 0.5) is 15.8 Å². The molecule has 0 saturated carbocycles. The van der Waals surface area contributed by atoms with Crippen molar-refractivity contribution in [2.75, 3.05) is 5.32 Å². The molecule has 3 aromatic rings. The van der Waals surface area contributed by atoms with Gasteiger partial charge in [-0.2, -0.15) is 0 Å².